The van der Waals surface area contributed by atoms with Gasteiger partial charge in [-0.05, 0) is 18.8 Å². The number of aliphatic hydroxyl groups excluding tert-OH is 1. The minimum absolute atomic E-state index is 0.0977. The van der Waals surface area contributed by atoms with Gasteiger partial charge in [0.1, 0.15) is 17.4 Å². The van der Waals surface area contributed by atoms with Gasteiger partial charge in [-0.15, -0.1) is 0 Å². The molecule has 1 fully saturated rings. The van der Waals surface area contributed by atoms with E-state index in [1.165, 1.54) is 7.05 Å². The number of carbonyl (C=O) groups excluding carboxylic acids is 1. The number of nitrogens with zero attached hydrogens (tertiary/aromatic N) is 2. The van der Waals surface area contributed by atoms with Crippen LogP contribution in [0.4, 0.5) is 13.2 Å². The van der Waals surface area contributed by atoms with Crippen LogP contribution in [0.15, 0.2) is 0 Å². The fourth-order valence-electron chi connectivity index (χ4n) is 1.82. The number of carbonyl (C=O) groups is 1. The molecule has 1 aliphatic carbocycles. The summed E-state index contributed by atoms with van der Waals surface area (Å²) in [4.78, 5) is 10.2. The molecule has 18 heavy (non-hydrogen) atoms. The van der Waals surface area contributed by atoms with Crippen LogP contribution in [0.2, 0.25) is 0 Å². The molecule has 5 nitrogen and oxygen atoms in total. The fourth-order valence-corrected chi connectivity index (χ4v) is 1.82. The lowest BCUT2D eigenvalue weighted by Crippen LogP contribution is -2.13. The number of halogens is 3. The molecule has 8 heteroatoms. The fraction of sp³-hybridized carbons (Fsp3) is 0.600. The first-order chi connectivity index (χ1) is 8.36. The molecule has 1 unspecified atom stereocenters. The molecule has 2 rings (SSSR count). The van der Waals surface area contributed by atoms with Crippen molar-refractivity contribution in [3.05, 3.63) is 11.3 Å². The molecule has 1 heterocycles. The number of hydrogen-bond donors (Lipinski definition) is 1. The van der Waals surface area contributed by atoms with E-state index in [1.807, 2.05) is 0 Å². The number of aryl methyl sites for hydroxylation is 1. The summed E-state index contributed by atoms with van der Waals surface area (Å²) in [6.45, 7) is -0.0977. The summed E-state index contributed by atoms with van der Waals surface area (Å²) in [5.74, 6) is -0.905. The van der Waals surface area contributed by atoms with E-state index in [0.717, 1.165) is 4.68 Å². The second kappa shape index (κ2) is 4.27. The van der Waals surface area contributed by atoms with Crippen molar-refractivity contribution in [2.45, 2.75) is 25.1 Å². The lowest BCUT2D eigenvalue weighted by atomic mass is 10.1. The lowest BCUT2D eigenvalue weighted by Gasteiger charge is -2.11. The van der Waals surface area contributed by atoms with Crippen molar-refractivity contribution in [1.29, 1.82) is 0 Å². The molecule has 1 aliphatic rings. The van der Waals surface area contributed by atoms with E-state index in [2.05, 4.69) is 9.84 Å². The first-order valence-corrected chi connectivity index (χ1v) is 5.28. The van der Waals surface area contributed by atoms with E-state index in [9.17, 15) is 23.1 Å². The topological polar surface area (TPSA) is 64.3 Å². The molecule has 100 valence electrons. The van der Waals surface area contributed by atoms with Crippen LogP contribution in [-0.2, 0) is 18.0 Å². The van der Waals surface area contributed by atoms with E-state index < -0.39 is 29.4 Å². The molecular formula is C10H11F3N2O3. The highest BCUT2D eigenvalue weighted by Crippen LogP contribution is 2.46. The minimum atomic E-state index is -4.74. The summed E-state index contributed by atoms with van der Waals surface area (Å²) in [7, 11) is 1.22. The highest BCUT2D eigenvalue weighted by Gasteiger charge is 2.45. The van der Waals surface area contributed by atoms with Gasteiger partial charge in [-0.3, -0.25) is 4.79 Å². The molecule has 1 atom stereocenters. The van der Waals surface area contributed by atoms with E-state index in [4.69, 9.17) is 0 Å². The summed E-state index contributed by atoms with van der Waals surface area (Å²) in [5, 5.41) is 13.4. The number of aliphatic hydroxyl groups is 1. The SMILES string of the molecule is Cn1nc(C(O)C2CC2)c(C(F)(F)F)c1OC=O. The summed E-state index contributed by atoms with van der Waals surface area (Å²) in [6.07, 6.45) is -4.69. The van der Waals surface area contributed by atoms with Gasteiger partial charge < -0.3 is 9.84 Å². The Morgan fingerprint density at radius 3 is 2.61 bits per heavy atom. The first kappa shape index (κ1) is 12.9. The van der Waals surface area contributed by atoms with E-state index in [1.54, 1.807) is 0 Å². The maximum Gasteiger partial charge on any atom is 0.423 e. The smallest absolute Gasteiger partial charge is 0.409 e. The van der Waals surface area contributed by atoms with Gasteiger partial charge in [0.15, 0.2) is 0 Å². The highest BCUT2D eigenvalue weighted by molar-refractivity contribution is 5.48. The molecule has 1 saturated carbocycles. The summed E-state index contributed by atoms with van der Waals surface area (Å²) >= 11 is 0. The Labute approximate surface area is 100 Å². The first-order valence-electron chi connectivity index (χ1n) is 5.28. The minimum Gasteiger partial charge on any atom is -0.409 e. The zero-order valence-corrected chi connectivity index (χ0v) is 9.44. The Kier molecular flexibility index (Phi) is 3.05. The molecule has 0 amide bonds. The second-order valence-electron chi connectivity index (χ2n) is 4.18. The molecule has 1 aromatic heterocycles. The number of hydrogen-bond acceptors (Lipinski definition) is 4. The van der Waals surface area contributed by atoms with Crippen molar-refractivity contribution >= 4 is 6.47 Å². The van der Waals surface area contributed by atoms with Crippen LogP contribution in [0.1, 0.15) is 30.2 Å². The zero-order valence-electron chi connectivity index (χ0n) is 9.44. The molecule has 0 saturated heterocycles. The number of ether oxygens (including phenoxy) is 1. The number of rotatable bonds is 4. The van der Waals surface area contributed by atoms with Crippen molar-refractivity contribution in [3.8, 4) is 5.88 Å². The third kappa shape index (κ3) is 2.20. The highest BCUT2D eigenvalue weighted by atomic mass is 19.4. The zero-order chi connectivity index (χ0) is 13.5. The maximum absolute atomic E-state index is 12.9. The van der Waals surface area contributed by atoms with Gasteiger partial charge in [0, 0.05) is 7.05 Å². The Balaban J connectivity index is 2.51. The number of aromatic nitrogens is 2. The standard InChI is InChI=1S/C10H11F3N2O3/c1-15-9(18-4-16)6(10(11,12)13)7(14-15)8(17)5-2-3-5/h4-5,8,17H,2-3H2,1H3. The third-order valence-corrected chi connectivity index (χ3v) is 2.81. The Bertz CT molecular complexity index is 466. The maximum atomic E-state index is 12.9. The van der Waals surface area contributed by atoms with Gasteiger partial charge in [0.2, 0.25) is 5.88 Å². The summed E-state index contributed by atoms with van der Waals surface area (Å²) < 4.78 is 43.9. The van der Waals surface area contributed by atoms with Crippen LogP contribution in [0.3, 0.4) is 0 Å². The van der Waals surface area contributed by atoms with Crippen molar-refractivity contribution in [2.75, 3.05) is 0 Å². The van der Waals surface area contributed by atoms with Crippen LogP contribution in [-0.4, -0.2) is 21.4 Å². The van der Waals surface area contributed by atoms with Crippen LogP contribution in [0, 0.1) is 5.92 Å². The molecule has 1 aromatic rings. The molecule has 1 N–H and O–H groups in total. The molecule has 0 bridgehead atoms. The van der Waals surface area contributed by atoms with Gasteiger partial charge in [-0.25, -0.2) is 4.68 Å². The monoisotopic (exact) mass is 264 g/mol. The second-order valence-corrected chi connectivity index (χ2v) is 4.18. The lowest BCUT2D eigenvalue weighted by molar-refractivity contribution is -0.141. The summed E-state index contributed by atoms with van der Waals surface area (Å²) in [6, 6.07) is 0. The third-order valence-electron chi connectivity index (χ3n) is 2.81. The van der Waals surface area contributed by atoms with Gasteiger partial charge in [-0.2, -0.15) is 18.3 Å². The summed E-state index contributed by atoms with van der Waals surface area (Å²) in [5.41, 5.74) is -1.67. The van der Waals surface area contributed by atoms with E-state index in [0.29, 0.717) is 12.8 Å². The van der Waals surface area contributed by atoms with E-state index in [-0.39, 0.29) is 12.4 Å². The Morgan fingerprint density at radius 1 is 1.56 bits per heavy atom. The van der Waals surface area contributed by atoms with Crippen LogP contribution in [0.25, 0.3) is 0 Å². The van der Waals surface area contributed by atoms with Gasteiger partial charge in [0.05, 0.1) is 0 Å². The van der Waals surface area contributed by atoms with Crippen molar-refractivity contribution < 1.29 is 27.8 Å². The van der Waals surface area contributed by atoms with Gasteiger partial charge in [-0.1, -0.05) is 0 Å². The Morgan fingerprint density at radius 2 is 2.17 bits per heavy atom. The van der Waals surface area contributed by atoms with Crippen molar-refractivity contribution in [1.82, 2.24) is 9.78 Å². The molecule has 0 aromatic carbocycles. The quantitative estimate of drug-likeness (QED) is 0.835. The Hall–Kier alpha value is -1.57. The van der Waals surface area contributed by atoms with E-state index >= 15 is 0 Å². The average molecular weight is 264 g/mol. The molecule has 0 spiro atoms. The predicted octanol–water partition coefficient (Wildman–Crippen LogP) is 1.42. The predicted molar refractivity (Wildman–Crippen MR) is 52.6 cm³/mol. The molecule has 0 radical (unpaired) electrons. The van der Waals surface area contributed by atoms with Crippen LogP contribution < -0.4 is 4.74 Å². The van der Waals surface area contributed by atoms with Gasteiger partial charge >= 0.3 is 6.18 Å². The molecular weight excluding hydrogens is 253 g/mol. The van der Waals surface area contributed by atoms with Gasteiger partial charge in [0.25, 0.3) is 6.47 Å². The normalized spacial score (nSPS) is 17.6. The molecule has 0 aliphatic heterocycles. The largest absolute Gasteiger partial charge is 0.423 e. The average Bonchev–Trinajstić information content (AvgIpc) is 3.03. The van der Waals surface area contributed by atoms with Crippen LogP contribution in [0.5, 0.6) is 5.88 Å². The van der Waals surface area contributed by atoms with Crippen molar-refractivity contribution in [2.24, 2.45) is 13.0 Å². The van der Waals surface area contributed by atoms with Crippen LogP contribution >= 0.6 is 0 Å². The van der Waals surface area contributed by atoms with Crippen molar-refractivity contribution in [3.63, 3.8) is 0 Å². The number of alkyl halides is 3.